The summed E-state index contributed by atoms with van der Waals surface area (Å²) in [6, 6.07) is -1.40. The first-order chi connectivity index (χ1) is 13.5. The summed E-state index contributed by atoms with van der Waals surface area (Å²) in [5, 5.41) is 0. The maximum absolute atomic E-state index is 6.47. The Hall–Kier alpha value is -1.52. The minimum Gasteiger partial charge on any atom is -0.414 e. The Morgan fingerprint density at radius 2 is 0.767 bits per heavy atom. The second-order valence-electron chi connectivity index (χ2n) is 8.56. The molecule has 0 amide bonds. The van der Waals surface area contributed by atoms with Crippen LogP contribution in [0.15, 0.2) is 9.98 Å². The first-order valence-corrected chi connectivity index (χ1v) is 10.2. The van der Waals surface area contributed by atoms with Gasteiger partial charge in [-0.25, -0.2) is 0 Å². The van der Waals surface area contributed by atoms with E-state index in [0.717, 1.165) is 45.2 Å². The molecule has 4 nitrogen and oxygen atoms in total. The van der Waals surface area contributed by atoms with Gasteiger partial charge in [0.1, 0.15) is 11.5 Å². The van der Waals surface area contributed by atoms with Crippen molar-refractivity contribution in [3.63, 3.8) is 0 Å². The van der Waals surface area contributed by atoms with Crippen molar-refractivity contribution in [2.45, 2.75) is 75.3 Å². The van der Waals surface area contributed by atoms with Gasteiger partial charge in [0.15, 0.2) is 0 Å². The molecule has 0 aromatic heterocycles. The zero-order valence-electron chi connectivity index (χ0n) is 19.8. The number of rotatable bonds is 0. The number of hydrogen-bond acceptors (Lipinski definition) is 4. The molecule has 2 heterocycles. The van der Waals surface area contributed by atoms with Crippen LogP contribution in [0.1, 0.15) is 69.5 Å². The van der Waals surface area contributed by atoms with Crippen molar-refractivity contribution in [1.82, 2.24) is 0 Å². The number of benzene rings is 2. The van der Waals surface area contributed by atoms with E-state index in [9.17, 15) is 0 Å². The van der Waals surface area contributed by atoms with E-state index in [1.54, 1.807) is 0 Å². The van der Waals surface area contributed by atoms with Crippen LogP contribution in [0.5, 0.6) is 11.5 Å². The van der Waals surface area contributed by atoms with Crippen LogP contribution in [0.3, 0.4) is 0 Å². The summed E-state index contributed by atoms with van der Waals surface area (Å²) >= 11 is 0. The molecule has 0 bridgehead atoms. The zero-order valence-corrected chi connectivity index (χ0v) is 22.6. The van der Waals surface area contributed by atoms with Gasteiger partial charge in [0.25, 0.3) is 0 Å². The van der Waals surface area contributed by atoms with Crippen LogP contribution in [-0.4, -0.2) is 17.5 Å². The largest absolute Gasteiger partial charge is 0.471 e. The SMILES string of the molecule is CC1=NC2(N=C(C)c3c(C)c(C)c(C)c(C)c3O2)Oc2c(C)c(C)c(C)c(C)c21.[Y]. The van der Waals surface area contributed by atoms with Gasteiger partial charge >= 0.3 is 6.03 Å². The standard InChI is InChI=1S/C25H30N2O2.Y/c1-11-13(3)17(7)23-21(15(11)5)19(9)26-25(28-23)27-20(10)22-16(6)12(2)14(4)18(8)24(22)29-25;/h1-10H3;. The van der Waals surface area contributed by atoms with E-state index in [4.69, 9.17) is 19.5 Å². The Morgan fingerprint density at radius 1 is 0.467 bits per heavy atom. The van der Waals surface area contributed by atoms with Crippen LogP contribution in [-0.2, 0) is 32.7 Å². The van der Waals surface area contributed by atoms with Crippen molar-refractivity contribution in [3.05, 3.63) is 55.6 Å². The van der Waals surface area contributed by atoms with E-state index < -0.39 is 6.03 Å². The van der Waals surface area contributed by atoms with Crippen molar-refractivity contribution in [2.75, 3.05) is 0 Å². The maximum atomic E-state index is 6.47. The van der Waals surface area contributed by atoms with Gasteiger partial charge in [0, 0.05) is 43.8 Å². The third-order valence-electron chi connectivity index (χ3n) is 7.07. The average Bonchev–Trinajstić information content (AvgIpc) is 2.66. The van der Waals surface area contributed by atoms with Crippen LogP contribution >= 0.6 is 0 Å². The molecule has 0 aliphatic carbocycles. The van der Waals surface area contributed by atoms with Crippen LogP contribution in [0.25, 0.3) is 0 Å². The fourth-order valence-corrected chi connectivity index (χ4v) is 4.62. The third-order valence-corrected chi connectivity index (χ3v) is 7.07. The predicted octanol–water partition coefficient (Wildman–Crippen LogP) is 5.87. The molecule has 0 saturated heterocycles. The summed E-state index contributed by atoms with van der Waals surface area (Å²) in [5.41, 5.74) is 13.6. The third kappa shape index (κ3) is 3.10. The molecule has 1 radical (unpaired) electrons. The molecule has 0 unspecified atom stereocenters. The fraction of sp³-hybridized carbons (Fsp3) is 0.440. The predicted molar refractivity (Wildman–Crippen MR) is 119 cm³/mol. The molecule has 4 rings (SSSR count). The van der Waals surface area contributed by atoms with E-state index in [1.165, 1.54) is 33.4 Å². The molecule has 5 heteroatoms. The smallest absolute Gasteiger partial charge is 0.414 e. The summed E-state index contributed by atoms with van der Waals surface area (Å²) in [5.74, 6) is 1.66. The summed E-state index contributed by atoms with van der Waals surface area (Å²) in [6.45, 7) is 21.1. The number of fused-ring (bicyclic) bond motifs is 2. The van der Waals surface area contributed by atoms with E-state index in [1.807, 2.05) is 13.8 Å². The second-order valence-corrected chi connectivity index (χ2v) is 8.56. The van der Waals surface area contributed by atoms with Gasteiger partial charge in [-0.15, -0.1) is 0 Å². The van der Waals surface area contributed by atoms with Crippen LogP contribution in [0.4, 0.5) is 0 Å². The molecule has 2 aromatic carbocycles. The monoisotopic (exact) mass is 479 g/mol. The Bertz CT molecular complexity index is 1070. The zero-order chi connectivity index (χ0) is 21.4. The molecular formula is C25H30N2O2Y. The molecule has 30 heavy (non-hydrogen) atoms. The average molecular weight is 479 g/mol. The summed E-state index contributed by atoms with van der Waals surface area (Å²) in [4.78, 5) is 9.69. The molecule has 0 N–H and O–H groups in total. The summed E-state index contributed by atoms with van der Waals surface area (Å²) in [7, 11) is 0. The quantitative estimate of drug-likeness (QED) is 0.475. The van der Waals surface area contributed by atoms with Gasteiger partial charge in [-0.2, -0.15) is 9.98 Å². The number of nitrogens with zero attached hydrogens (tertiary/aromatic N) is 2. The fourth-order valence-electron chi connectivity index (χ4n) is 4.62. The van der Waals surface area contributed by atoms with E-state index >= 15 is 0 Å². The molecule has 0 saturated carbocycles. The van der Waals surface area contributed by atoms with Gasteiger partial charge in [-0.3, -0.25) is 0 Å². The van der Waals surface area contributed by atoms with Crippen LogP contribution < -0.4 is 9.47 Å². The molecule has 2 aliphatic rings. The Balaban J connectivity index is 0.00000256. The first kappa shape index (κ1) is 23.2. The molecule has 155 valence electrons. The van der Waals surface area contributed by atoms with Crippen LogP contribution in [0, 0.1) is 55.4 Å². The van der Waals surface area contributed by atoms with Gasteiger partial charge in [0.05, 0.1) is 11.4 Å². The molecule has 0 atom stereocenters. The molecule has 2 aromatic rings. The summed E-state index contributed by atoms with van der Waals surface area (Å²) in [6.07, 6.45) is 0. The van der Waals surface area contributed by atoms with E-state index in [2.05, 4.69) is 55.4 Å². The Kier molecular flexibility index (Phi) is 5.84. The second kappa shape index (κ2) is 7.56. The van der Waals surface area contributed by atoms with Crippen molar-refractivity contribution in [1.29, 1.82) is 0 Å². The van der Waals surface area contributed by atoms with E-state index in [0.29, 0.717) is 0 Å². The van der Waals surface area contributed by atoms with Crippen molar-refractivity contribution in [2.24, 2.45) is 9.98 Å². The normalized spacial score (nSPS) is 15.9. The minimum absolute atomic E-state index is 0. The van der Waals surface area contributed by atoms with Gasteiger partial charge in [0.2, 0.25) is 0 Å². The first-order valence-electron chi connectivity index (χ1n) is 10.2. The van der Waals surface area contributed by atoms with Crippen molar-refractivity contribution in [3.8, 4) is 11.5 Å². The van der Waals surface area contributed by atoms with Gasteiger partial charge in [-0.05, 0) is 114 Å². The number of hydrogen-bond donors (Lipinski definition) is 0. The van der Waals surface area contributed by atoms with Crippen molar-refractivity contribution < 1.29 is 42.2 Å². The Labute approximate surface area is 205 Å². The molecule has 2 aliphatic heterocycles. The van der Waals surface area contributed by atoms with Gasteiger partial charge < -0.3 is 9.47 Å². The topological polar surface area (TPSA) is 43.2 Å². The minimum atomic E-state index is -1.40. The van der Waals surface area contributed by atoms with Crippen molar-refractivity contribution >= 4 is 11.4 Å². The number of ether oxygens (including phenoxy) is 2. The molecular weight excluding hydrogens is 449 g/mol. The Morgan fingerprint density at radius 3 is 1.10 bits per heavy atom. The van der Waals surface area contributed by atoms with Crippen LogP contribution in [0.2, 0.25) is 0 Å². The summed E-state index contributed by atoms with van der Waals surface area (Å²) < 4.78 is 12.9. The van der Waals surface area contributed by atoms with E-state index in [-0.39, 0.29) is 32.7 Å². The maximum Gasteiger partial charge on any atom is 0.471 e. The molecule has 1 spiro atoms. The number of aliphatic imine (C=N–C) groups is 2. The van der Waals surface area contributed by atoms with Gasteiger partial charge in [-0.1, -0.05) is 0 Å². The molecule has 0 fully saturated rings.